The number of carbonyl (C=O) groups is 2. The van der Waals surface area contributed by atoms with E-state index in [1.807, 2.05) is 6.92 Å². The second-order valence-electron chi connectivity index (χ2n) is 5.16. The van der Waals surface area contributed by atoms with Crippen molar-refractivity contribution in [2.24, 2.45) is 0 Å². The molecule has 0 aliphatic heterocycles. The van der Waals surface area contributed by atoms with Crippen molar-refractivity contribution in [1.82, 2.24) is 10.8 Å². The first-order chi connectivity index (χ1) is 11.0. The largest absolute Gasteiger partial charge is 0.508 e. The first kappa shape index (κ1) is 16.5. The highest BCUT2D eigenvalue weighted by atomic mass is 16.5. The van der Waals surface area contributed by atoms with Crippen molar-refractivity contribution < 1.29 is 19.9 Å². The lowest BCUT2D eigenvalue weighted by Gasteiger charge is -2.15. The topological polar surface area (TPSA) is 98.7 Å². The Kier molecular flexibility index (Phi) is 5.32. The van der Waals surface area contributed by atoms with Crippen LogP contribution in [0.1, 0.15) is 34.5 Å². The molecule has 0 saturated heterocycles. The zero-order valence-corrected chi connectivity index (χ0v) is 12.6. The molecule has 0 aromatic heterocycles. The normalized spacial score (nSPS) is 11.6. The Morgan fingerprint density at radius 3 is 2.35 bits per heavy atom. The van der Waals surface area contributed by atoms with Gasteiger partial charge in [-0.3, -0.25) is 14.8 Å². The molecule has 23 heavy (non-hydrogen) atoms. The van der Waals surface area contributed by atoms with Crippen LogP contribution >= 0.6 is 0 Å². The van der Waals surface area contributed by atoms with Crippen molar-refractivity contribution in [3.63, 3.8) is 0 Å². The molecule has 6 heteroatoms. The molecule has 0 aliphatic rings. The van der Waals surface area contributed by atoms with E-state index in [1.54, 1.807) is 47.9 Å². The van der Waals surface area contributed by atoms with Crippen LogP contribution in [-0.4, -0.2) is 22.1 Å². The lowest BCUT2D eigenvalue weighted by Crippen LogP contribution is -2.28. The molecule has 2 aromatic carbocycles. The molecule has 1 atom stereocenters. The van der Waals surface area contributed by atoms with Gasteiger partial charge >= 0.3 is 0 Å². The van der Waals surface area contributed by atoms with Crippen LogP contribution in [0.2, 0.25) is 0 Å². The van der Waals surface area contributed by atoms with E-state index in [0.717, 1.165) is 5.56 Å². The van der Waals surface area contributed by atoms with Gasteiger partial charge in [-0.05, 0) is 30.7 Å². The van der Waals surface area contributed by atoms with Gasteiger partial charge in [0, 0.05) is 11.1 Å². The average molecular weight is 314 g/mol. The maximum atomic E-state index is 12.1. The number of carbonyl (C=O) groups excluding carboxylic acids is 2. The number of phenolic OH excluding ortho intramolecular Hbond substituents is 1. The second kappa shape index (κ2) is 7.42. The molecule has 0 heterocycles. The Hall–Kier alpha value is -2.86. The number of hydrogen-bond donors (Lipinski definition) is 4. The first-order valence-corrected chi connectivity index (χ1v) is 7.12. The predicted octanol–water partition coefficient (Wildman–Crippen LogP) is 1.93. The van der Waals surface area contributed by atoms with Crippen LogP contribution in [0.15, 0.2) is 48.5 Å². The van der Waals surface area contributed by atoms with Crippen molar-refractivity contribution in [1.29, 1.82) is 0 Å². The summed E-state index contributed by atoms with van der Waals surface area (Å²) in [6.07, 6.45) is 0.0853. The van der Waals surface area contributed by atoms with Crippen molar-refractivity contribution in [3.8, 4) is 5.75 Å². The van der Waals surface area contributed by atoms with Gasteiger partial charge in [-0.2, -0.15) is 0 Å². The van der Waals surface area contributed by atoms with Gasteiger partial charge in [0.05, 0.1) is 12.5 Å². The van der Waals surface area contributed by atoms with Gasteiger partial charge in [-0.1, -0.05) is 30.3 Å². The van der Waals surface area contributed by atoms with E-state index in [-0.39, 0.29) is 24.1 Å². The van der Waals surface area contributed by atoms with Crippen LogP contribution in [0, 0.1) is 0 Å². The first-order valence-electron chi connectivity index (χ1n) is 7.12. The Morgan fingerprint density at radius 1 is 1.09 bits per heavy atom. The van der Waals surface area contributed by atoms with E-state index < -0.39 is 5.91 Å². The summed E-state index contributed by atoms with van der Waals surface area (Å²) >= 11 is 0. The summed E-state index contributed by atoms with van der Waals surface area (Å²) in [6, 6.07) is 13.0. The second-order valence-corrected chi connectivity index (χ2v) is 5.16. The van der Waals surface area contributed by atoms with Gasteiger partial charge in [0.2, 0.25) is 5.91 Å². The number of nitrogens with one attached hydrogen (secondary N) is 2. The van der Waals surface area contributed by atoms with Gasteiger partial charge in [0.25, 0.3) is 5.91 Å². The molecular formula is C17H18N2O4. The summed E-state index contributed by atoms with van der Waals surface area (Å²) in [5.74, 6) is -0.710. The smallest absolute Gasteiger partial charge is 0.274 e. The van der Waals surface area contributed by atoms with E-state index in [4.69, 9.17) is 5.21 Å². The van der Waals surface area contributed by atoms with Gasteiger partial charge in [-0.15, -0.1) is 0 Å². The third-order valence-corrected chi connectivity index (χ3v) is 3.49. The van der Waals surface area contributed by atoms with Crippen molar-refractivity contribution in [2.45, 2.75) is 19.4 Å². The summed E-state index contributed by atoms with van der Waals surface area (Å²) in [6.45, 7) is 1.82. The van der Waals surface area contributed by atoms with Crippen LogP contribution in [-0.2, 0) is 11.2 Å². The Bertz CT molecular complexity index is 698. The average Bonchev–Trinajstić information content (AvgIpc) is 2.56. The molecule has 0 radical (unpaired) electrons. The minimum atomic E-state index is -0.590. The number of hydroxylamine groups is 1. The van der Waals surface area contributed by atoms with Gasteiger partial charge in [0.15, 0.2) is 0 Å². The van der Waals surface area contributed by atoms with Crippen LogP contribution in [0.3, 0.4) is 0 Å². The number of benzene rings is 2. The fourth-order valence-corrected chi connectivity index (χ4v) is 2.20. The number of aromatic hydroxyl groups is 1. The molecule has 0 fully saturated rings. The quantitative estimate of drug-likeness (QED) is 0.500. The van der Waals surface area contributed by atoms with Crippen LogP contribution in [0.5, 0.6) is 5.75 Å². The lowest BCUT2D eigenvalue weighted by molar-refractivity contribution is -0.121. The molecule has 4 N–H and O–H groups in total. The van der Waals surface area contributed by atoms with Crippen molar-refractivity contribution >= 4 is 11.8 Å². The fourth-order valence-electron chi connectivity index (χ4n) is 2.20. The Balaban J connectivity index is 1.98. The fraction of sp³-hybridized carbons (Fsp3) is 0.176. The minimum Gasteiger partial charge on any atom is -0.508 e. The number of phenols is 1. The molecule has 0 aliphatic carbocycles. The van der Waals surface area contributed by atoms with Crippen LogP contribution in [0.25, 0.3) is 0 Å². The SMILES string of the molecule is CC(NC(=O)Cc1ccccc1O)c1ccc(C(=O)NO)cc1. The molecule has 0 saturated carbocycles. The van der Waals surface area contributed by atoms with Crippen molar-refractivity contribution in [2.75, 3.05) is 0 Å². The molecular weight excluding hydrogens is 296 g/mol. The predicted molar refractivity (Wildman–Crippen MR) is 84.1 cm³/mol. The van der Waals surface area contributed by atoms with Crippen molar-refractivity contribution in [3.05, 3.63) is 65.2 Å². The number of para-hydroxylation sites is 1. The van der Waals surface area contributed by atoms with E-state index in [0.29, 0.717) is 11.1 Å². The summed E-state index contributed by atoms with van der Waals surface area (Å²) in [7, 11) is 0. The van der Waals surface area contributed by atoms with Gasteiger partial charge in [-0.25, -0.2) is 5.48 Å². The highest BCUT2D eigenvalue weighted by molar-refractivity contribution is 5.93. The number of amides is 2. The van der Waals surface area contributed by atoms with Crippen LogP contribution < -0.4 is 10.8 Å². The van der Waals surface area contributed by atoms with E-state index >= 15 is 0 Å². The number of hydrogen-bond acceptors (Lipinski definition) is 4. The highest BCUT2D eigenvalue weighted by Gasteiger charge is 2.12. The van der Waals surface area contributed by atoms with E-state index in [2.05, 4.69) is 5.32 Å². The summed E-state index contributed by atoms with van der Waals surface area (Å²) in [5.41, 5.74) is 3.27. The molecule has 0 bridgehead atoms. The zero-order chi connectivity index (χ0) is 16.8. The molecule has 1 unspecified atom stereocenters. The lowest BCUT2D eigenvalue weighted by atomic mass is 10.0. The Morgan fingerprint density at radius 2 is 1.74 bits per heavy atom. The van der Waals surface area contributed by atoms with E-state index in [9.17, 15) is 14.7 Å². The maximum absolute atomic E-state index is 12.1. The molecule has 120 valence electrons. The molecule has 2 rings (SSSR count). The summed E-state index contributed by atoms with van der Waals surface area (Å²) < 4.78 is 0. The molecule has 6 nitrogen and oxygen atoms in total. The van der Waals surface area contributed by atoms with Gasteiger partial charge < -0.3 is 10.4 Å². The van der Waals surface area contributed by atoms with Crippen LogP contribution in [0.4, 0.5) is 0 Å². The third kappa shape index (κ3) is 4.31. The summed E-state index contributed by atoms with van der Waals surface area (Å²) in [5, 5.41) is 21.1. The van der Waals surface area contributed by atoms with Gasteiger partial charge in [0.1, 0.15) is 5.75 Å². The summed E-state index contributed by atoms with van der Waals surface area (Å²) in [4.78, 5) is 23.3. The third-order valence-electron chi connectivity index (χ3n) is 3.49. The maximum Gasteiger partial charge on any atom is 0.274 e. The minimum absolute atomic E-state index is 0.0853. The molecule has 2 aromatic rings. The molecule has 0 spiro atoms. The van der Waals surface area contributed by atoms with E-state index in [1.165, 1.54) is 6.07 Å². The highest BCUT2D eigenvalue weighted by Crippen LogP contribution is 2.17. The molecule has 2 amide bonds. The standard InChI is InChI=1S/C17H18N2O4/c1-11(12-6-8-13(9-7-12)17(22)19-23)18-16(21)10-14-4-2-3-5-15(14)20/h2-9,11,20,23H,10H2,1H3,(H,18,21)(H,19,22). The zero-order valence-electron chi connectivity index (χ0n) is 12.6. The number of rotatable bonds is 5. The monoisotopic (exact) mass is 314 g/mol. The Labute approximate surface area is 133 Å².